The molecule has 0 spiro atoms. The van der Waals surface area contributed by atoms with Crippen LogP contribution in [0.1, 0.15) is 43.7 Å². The highest BCUT2D eigenvalue weighted by molar-refractivity contribution is 7.89. The first-order chi connectivity index (χ1) is 9.83. The second-order valence-electron chi connectivity index (χ2n) is 5.95. The van der Waals surface area contributed by atoms with Gasteiger partial charge in [-0.2, -0.15) is 0 Å². The summed E-state index contributed by atoms with van der Waals surface area (Å²) in [6, 6.07) is 2.41. The molecule has 0 radical (unpaired) electrons. The van der Waals surface area contributed by atoms with E-state index in [2.05, 4.69) is 11.6 Å². The van der Waals surface area contributed by atoms with Crippen molar-refractivity contribution in [2.24, 2.45) is 5.92 Å². The van der Waals surface area contributed by atoms with Gasteiger partial charge in [0.25, 0.3) is 0 Å². The normalized spacial score (nSPS) is 23.2. The highest BCUT2D eigenvalue weighted by atomic mass is 32.2. The molecule has 1 fully saturated rings. The molecule has 2 unspecified atom stereocenters. The van der Waals surface area contributed by atoms with Crippen molar-refractivity contribution in [3.63, 3.8) is 0 Å². The van der Waals surface area contributed by atoms with E-state index in [0.29, 0.717) is 5.92 Å². The van der Waals surface area contributed by atoms with Crippen molar-refractivity contribution in [2.75, 3.05) is 0 Å². The number of aliphatic hydroxyl groups excluding tert-OH is 1. The van der Waals surface area contributed by atoms with Crippen LogP contribution >= 0.6 is 0 Å². The van der Waals surface area contributed by atoms with Crippen LogP contribution in [0.2, 0.25) is 0 Å². The van der Waals surface area contributed by atoms with Crippen LogP contribution in [0.25, 0.3) is 0 Å². The summed E-state index contributed by atoms with van der Waals surface area (Å²) in [6.07, 6.45) is 3.73. The molecule has 2 N–H and O–H groups in total. The predicted molar refractivity (Wildman–Crippen MR) is 78.8 cm³/mol. The smallest absolute Gasteiger partial charge is 0.241 e. The first-order valence-corrected chi connectivity index (χ1v) is 8.74. The Balaban J connectivity index is 2.29. The number of rotatable bonds is 4. The minimum Gasteiger partial charge on any atom is -0.392 e. The monoisotopic (exact) mass is 315 g/mol. The lowest BCUT2D eigenvalue weighted by atomic mass is 9.88. The molecule has 0 heterocycles. The summed E-state index contributed by atoms with van der Waals surface area (Å²) in [7, 11) is -3.77. The summed E-state index contributed by atoms with van der Waals surface area (Å²) in [6.45, 7) is 3.16. The van der Waals surface area contributed by atoms with E-state index in [4.69, 9.17) is 5.11 Å². The Morgan fingerprint density at radius 3 is 2.71 bits per heavy atom. The van der Waals surface area contributed by atoms with Gasteiger partial charge in [-0.25, -0.2) is 17.5 Å². The topological polar surface area (TPSA) is 66.4 Å². The molecule has 2 rings (SSSR count). The lowest BCUT2D eigenvalue weighted by molar-refractivity contribution is 0.281. The Kier molecular flexibility index (Phi) is 5.01. The number of nitrogens with one attached hydrogen (secondary N) is 1. The number of hydrogen-bond acceptors (Lipinski definition) is 3. The predicted octanol–water partition coefficient (Wildman–Crippen LogP) is 2.48. The molecule has 6 heteroatoms. The van der Waals surface area contributed by atoms with Gasteiger partial charge in [0.2, 0.25) is 10.0 Å². The van der Waals surface area contributed by atoms with Crippen molar-refractivity contribution in [3.05, 3.63) is 29.1 Å². The summed E-state index contributed by atoms with van der Waals surface area (Å²) >= 11 is 0. The number of aliphatic hydroxyl groups is 1. The minimum atomic E-state index is -3.77. The Hall–Kier alpha value is -0.980. The van der Waals surface area contributed by atoms with E-state index < -0.39 is 15.8 Å². The Morgan fingerprint density at radius 1 is 1.38 bits per heavy atom. The summed E-state index contributed by atoms with van der Waals surface area (Å²) in [5, 5.41) is 9.12. The highest BCUT2D eigenvalue weighted by Crippen LogP contribution is 2.26. The largest absolute Gasteiger partial charge is 0.392 e. The van der Waals surface area contributed by atoms with Gasteiger partial charge in [-0.3, -0.25) is 0 Å². The quantitative estimate of drug-likeness (QED) is 0.897. The number of hydrogen-bond donors (Lipinski definition) is 2. The fraction of sp³-hybridized carbons (Fsp3) is 0.600. The summed E-state index contributed by atoms with van der Waals surface area (Å²) in [5.74, 6) is -0.119. The average Bonchev–Trinajstić information content (AvgIpc) is 2.41. The lowest BCUT2D eigenvalue weighted by Crippen LogP contribution is -2.38. The van der Waals surface area contributed by atoms with Gasteiger partial charge < -0.3 is 5.11 Å². The van der Waals surface area contributed by atoms with E-state index in [9.17, 15) is 12.8 Å². The van der Waals surface area contributed by atoms with E-state index in [-0.39, 0.29) is 28.7 Å². The third-order valence-electron chi connectivity index (χ3n) is 4.09. The third kappa shape index (κ3) is 3.81. The van der Waals surface area contributed by atoms with Crippen LogP contribution < -0.4 is 4.72 Å². The summed E-state index contributed by atoms with van der Waals surface area (Å²) in [5.41, 5.74) is 0.346. The number of sulfonamides is 1. The second-order valence-corrected chi connectivity index (χ2v) is 7.63. The van der Waals surface area contributed by atoms with E-state index in [1.807, 2.05) is 0 Å². The van der Waals surface area contributed by atoms with Crippen molar-refractivity contribution in [2.45, 2.75) is 57.1 Å². The maximum Gasteiger partial charge on any atom is 0.241 e. The maximum atomic E-state index is 13.8. The molecule has 1 aromatic rings. The second kappa shape index (κ2) is 6.42. The van der Waals surface area contributed by atoms with Crippen LogP contribution in [0.4, 0.5) is 4.39 Å². The van der Waals surface area contributed by atoms with Crippen molar-refractivity contribution < 1.29 is 17.9 Å². The SMILES string of the molecule is Cc1c(F)cc(CO)cc1S(=O)(=O)NC1CCCC(C)C1. The van der Waals surface area contributed by atoms with Crippen molar-refractivity contribution in [1.29, 1.82) is 0 Å². The van der Waals surface area contributed by atoms with E-state index in [0.717, 1.165) is 31.7 Å². The van der Waals surface area contributed by atoms with Gasteiger partial charge in [-0.1, -0.05) is 19.8 Å². The van der Waals surface area contributed by atoms with Gasteiger partial charge in [-0.15, -0.1) is 0 Å². The molecule has 1 saturated carbocycles. The highest BCUT2D eigenvalue weighted by Gasteiger charge is 2.26. The third-order valence-corrected chi connectivity index (χ3v) is 5.73. The molecule has 21 heavy (non-hydrogen) atoms. The van der Waals surface area contributed by atoms with Gasteiger partial charge in [0.15, 0.2) is 0 Å². The van der Waals surface area contributed by atoms with E-state index >= 15 is 0 Å². The van der Waals surface area contributed by atoms with Gasteiger partial charge in [0.1, 0.15) is 5.82 Å². The Labute approximate surface area is 125 Å². The summed E-state index contributed by atoms with van der Waals surface area (Å²) in [4.78, 5) is -0.0789. The fourth-order valence-corrected chi connectivity index (χ4v) is 4.49. The average molecular weight is 315 g/mol. The zero-order valence-corrected chi connectivity index (χ0v) is 13.2. The maximum absolute atomic E-state index is 13.8. The van der Waals surface area contributed by atoms with Gasteiger partial charge in [0.05, 0.1) is 11.5 Å². The van der Waals surface area contributed by atoms with Crippen LogP contribution in [0.15, 0.2) is 17.0 Å². The minimum absolute atomic E-state index is 0.0789. The van der Waals surface area contributed by atoms with Crippen molar-refractivity contribution in [1.82, 2.24) is 4.72 Å². The zero-order chi connectivity index (χ0) is 15.6. The number of halogens is 1. The lowest BCUT2D eigenvalue weighted by Gasteiger charge is -2.27. The molecule has 0 aromatic heterocycles. The zero-order valence-electron chi connectivity index (χ0n) is 12.4. The van der Waals surface area contributed by atoms with Crippen LogP contribution in [0.5, 0.6) is 0 Å². The molecule has 4 nitrogen and oxygen atoms in total. The molecule has 2 atom stereocenters. The van der Waals surface area contributed by atoms with E-state index in [1.165, 1.54) is 13.0 Å². The van der Waals surface area contributed by atoms with Crippen LogP contribution in [-0.2, 0) is 16.6 Å². The summed E-state index contributed by atoms with van der Waals surface area (Å²) < 4.78 is 41.5. The van der Waals surface area contributed by atoms with Gasteiger partial charge in [0, 0.05) is 11.6 Å². The van der Waals surface area contributed by atoms with Gasteiger partial charge >= 0.3 is 0 Å². The molecule has 1 aliphatic carbocycles. The van der Waals surface area contributed by atoms with Crippen molar-refractivity contribution in [3.8, 4) is 0 Å². The Morgan fingerprint density at radius 2 is 2.10 bits per heavy atom. The van der Waals surface area contributed by atoms with Crippen molar-refractivity contribution >= 4 is 10.0 Å². The molecule has 1 aromatic carbocycles. The Bertz CT molecular complexity index is 616. The number of benzene rings is 1. The first kappa shape index (κ1) is 16.4. The molecule has 0 amide bonds. The molecular formula is C15H22FNO3S. The van der Waals surface area contributed by atoms with Crippen LogP contribution in [-0.4, -0.2) is 19.6 Å². The first-order valence-electron chi connectivity index (χ1n) is 7.25. The molecule has 118 valence electrons. The van der Waals surface area contributed by atoms with Gasteiger partial charge in [-0.05, 0) is 43.4 Å². The molecule has 1 aliphatic rings. The molecular weight excluding hydrogens is 293 g/mol. The molecule has 0 saturated heterocycles. The standard InChI is InChI=1S/C15H22FNO3S/c1-10-4-3-5-13(6-10)17-21(19,20)15-8-12(9-18)7-14(16)11(15)2/h7-8,10,13,17-18H,3-6,9H2,1-2H3. The van der Waals surface area contributed by atoms with Crippen LogP contribution in [0.3, 0.4) is 0 Å². The van der Waals surface area contributed by atoms with Crippen LogP contribution in [0, 0.1) is 18.7 Å². The van der Waals surface area contributed by atoms with E-state index in [1.54, 1.807) is 0 Å². The molecule has 0 bridgehead atoms. The molecule has 0 aliphatic heterocycles. The fourth-order valence-electron chi connectivity index (χ4n) is 2.90.